The maximum atomic E-state index is 6.76. The standard InChI is InChI=1S/C26H16O2/c1-3-9-18-16(7-1)13-14-23-24(18)21-15-17-8-2-5-11-20(17)26(21)25(27-23)19-10-4-6-12-22(19)28-26/h1-15,25H. The average molecular weight is 360 g/mol. The fraction of sp³-hybridized carbons (Fsp3) is 0.0769. The molecule has 4 aromatic carbocycles. The van der Waals surface area contributed by atoms with Crippen LogP contribution in [-0.4, -0.2) is 0 Å². The van der Waals surface area contributed by atoms with Crippen molar-refractivity contribution >= 4 is 22.4 Å². The van der Waals surface area contributed by atoms with Gasteiger partial charge in [0, 0.05) is 22.3 Å². The molecule has 1 spiro atoms. The first-order valence-corrected chi connectivity index (χ1v) is 9.65. The van der Waals surface area contributed by atoms with Gasteiger partial charge in [-0.2, -0.15) is 0 Å². The van der Waals surface area contributed by atoms with Crippen LogP contribution in [0, 0.1) is 0 Å². The molecule has 2 heteroatoms. The lowest BCUT2D eigenvalue weighted by Gasteiger charge is -2.39. The van der Waals surface area contributed by atoms with Gasteiger partial charge in [0.2, 0.25) is 5.60 Å². The van der Waals surface area contributed by atoms with Gasteiger partial charge in [0.05, 0.1) is 0 Å². The van der Waals surface area contributed by atoms with Crippen molar-refractivity contribution in [2.45, 2.75) is 11.7 Å². The molecule has 2 nitrogen and oxygen atoms in total. The highest BCUT2D eigenvalue weighted by Crippen LogP contribution is 2.65. The van der Waals surface area contributed by atoms with Gasteiger partial charge in [-0.05, 0) is 34.5 Å². The lowest BCUT2D eigenvalue weighted by Crippen LogP contribution is -2.40. The van der Waals surface area contributed by atoms with Crippen molar-refractivity contribution in [1.29, 1.82) is 0 Å². The molecule has 0 fully saturated rings. The number of benzene rings is 4. The predicted molar refractivity (Wildman–Crippen MR) is 110 cm³/mol. The molecule has 0 aromatic heterocycles. The Morgan fingerprint density at radius 3 is 2.54 bits per heavy atom. The molecule has 0 N–H and O–H groups in total. The van der Waals surface area contributed by atoms with E-state index in [2.05, 4.69) is 78.9 Å². The molecular weight excluding hydrogens is 344 g/mol. The molecule has 0 amide bonds. The Kier molecular flexibility index (Phi) is 2.51. The van der Waals surface area contributed by atoms with Crippen LogP contribution in [0.3, 0.4) is 0 Å². The molecule has 2 aliphatic heterocycles. The van der Waals surface area contributed by atoms with Crippen molar-refractivity contribution in [1.82, 2.24) is 0 Å². The van der Waals surface area contributed by atoms with E-state index < -0.39 is 5.60 Å². The van der Waals surface area contributed by atoms with Crippen LogP contribution in [0.1, 0.15) is 28.4 Å². The Balaban J connectivity index is 1.62. The molecule has 0 saturated carbocycles. The number of rotatable bonds is 0. The number of hydrogen-bond acceptors (Lipinski definition) is 2. The van der Waals surface area contributed by atoms with Crippen molar-refractivity contribution in [2.24, 2.45) is 0 Å². The quantitative estimate of drug-likeness (QED) is 0.376. The second kappa shape index (κ2) is 4.85. The maximum Gasteiger partial charge on any atom is 0.201 e. The van der Waals surface area contributed by atoms with E-state index in [0.717, 1.165) is 22.6 Å². The zero-order valence-electron chi connectivity index (χ0n) is 15.1. The summed E-state index contributed by atoms with van der Waals surface area (Å²) in [6, 6.07) is 29.5. The Hall–Kier alpha value is -3.52. The summed E-state index contributed by atoms with van der Waals surface area (Å²) in [7, 11) is 0. The van der Waals surface area contributed by atoms with Gasteiger partial charge in [-0.15, -0.1) is 0 Å². The van der Waals surface area contributed by atoms with Crippen LogP contribution in [0.15, 0.2) is 84.9 Å². The van der Waals surface area contributed by atoms with Gasteiger partial charge in [0.15, 0.2) is 6.10 Å². The summed E-state index contributed by atoms with van der Waals surface area (Å²) in [4.78, 5) is 0. The van der Waals surface area contributed by atoms with Gasteiger partial charge in [0.1, 0.15) is 11.5 Å². The van der Waals surface area contributed by atoms with Crippen molar-refractivity contribution in [3.05, 3.63) is 107 Å². The Bertz CT molecular complexity index is 1330. The number of para-hydroxylation sites is 1. The summed E-state index contributed by atoms with van der Waals surface area (Å²) in [5.41, 5.74) is 5.23. The van der Waals surface area contributed by atoms with Crippen LogP contribution in [0.25, 0.3) is 22.4 Å². The van der Waals surface area contributed by atoms with E-state index in [9.17, 15) is 0 Å². The molecule has 0 radical (unpaired) electrons. The van der Waals surface area contributed by atoms with Gasteiger partial charge in [-0.25, -0.2) is 0 Å². The summed E-state index contributed by atoms with van der Waals surface area (Å²) in [6.07, 6.45) is 2.11. The first-order chi connectivity index (χ1) is 13.9. The van der Waals surface area contributed by atoms with Crippen LogP contribution in [0.5, 0.6) is 11.5 Å². The lowest BCUT2D eigenvalue weighted by molar-refractivity contribution is 0.0237. The second-order valence-corrected chi connectivity index (χ2v) is 7.68. The van der Waals surface area contributed by atoms with Gasteiger partial charge < -0.3 is 9.47 Å². The van der Waals surface area contributed by atoms with Crippen LogP contribution < -0.4 is 9.47 Å². The van der Waals surface area contributed by atoms with Crippen molar-refractivity contribution in [3.8, 4) is 11.5 Å². The third-order valence-electron chi connectivity index (χ3n) is 6.31. The summed E-state index contributed by atoms with van der Waals surface area (Å²) in [5.74, 6) is 1.84. The van der Waals surface area contributed by atoms with Crippen LogP contribution >= 0.6 is 0 Å². The zero-order chi connectivity index (χ0) is 18.3. The third-order valence-corrected chi connectivity index (χ3v) is 6.31. The highest BCUT2D eigenvalue weighted by Gasteiger charge is 2.60. The Labute approximate surface area is 162 Å². The minimum atomic E-state index is -0.628. The SMILES string of the molecule is C1=C2c3c(ccc4ccccc34)OC3c4ccccc4OC23c2ccccc21. The maximum absolute atomic E-state index is 6.76. The van der Waals surface area contributed by atoms with Gasteiger partial charge in [-0.1, -0.05) is 72.8 Å². The molecule has 2 atom stereocenters. The first kappa shape index (κ1) is 14.5. The van der Waals surface area contributed by atoms with E-state index in [0.29, 0.717) is 0 Å². The van der Waals surface area contributed by atoms with E-state index in [4.69, 9.17) is 9.47 Å². The third kappa shape index (κ3) is 1.56. The van der Waals surface area contributed by atoms with E-state index in [1.54, 1.807) is 0 Å². The van der Waals surface area contributed by atoms with Gasteiger partial charge >= 0.3 is 0 Å². The van der Waals surface area contributed by atoms with Crippen molar-refractivity contribution in [3.63, 3.8) is 0 Å². The fourth-order valence-electron chi connectivity index (χ4n) is 5.16. The molecule has 3 aliphatic rings. The average Bonchev–Trinajstić information content (AvgIpc) is 3.26. The fourth-order valence-corrected chi connectivity index (χ4v) is 5.16. The topological polar surface area (TPSA) is 18.5 Å². The van der Waals surface area contributed by atoms with Crippen molar-refractivity contribution in [2.75, 3.05) is 0 Å². The molecule has 4 aromatic rings. The minimum Gasteiger partial charge on any atom is -0.480 e. The molecule has 28 heavy (non-hydrogen) atoms. The molecular formula is C26H16O2. The van der Waals surface area contributed by atoms with Crippen LogP contribution in [0.4, 0.5) is 0 Å². The molecule has 2 heterocycles. The van der Waals surface area contributed by atoms with E-state index in [-0.39, 0.29) is 6.10 Å². The number of ether oxygens (including phenoxy) is 2. The normalized spacial score (nSPS) is 22.9. The van der Waals surface area contributed by atoms with E-state index >= 15 is 0 Å². The summed E-state index contributed by atoms with van der Waals surface area (Å²) < 4.78 is 13.4. The zero-order valence-corrected chi connectivity index (χ0v) is 15.1. The Morgan fingerprint density at radius 2 is 1.54 bits per heavy atom. The molecule has 0 saturated heterocycles. The Morgan fingerprint density at radius 1 is 0.714 bits per heavy atom. The van der Waals surface area contributed by atoms with E-state index in [1.807, 2.05) is 12.1 Å². The van der Waals surface area contributed by atoms with Gasteiger partial charge in [-0.3, -0.25) is 0 Å². The largest absolute Gasteiger partial charge is 0.480 e. The summed E-state index contributed by atoms with van der Waals surface area (Å²) in [5, 5.41) is 2.42. The number of fused-ring (bicyclic) bond motifs is 7. The highest BCUT2D eigenvalue weighted by molar-refractivity contribution is 6.06. The predicted octanol–water partition coefficient (Wildman–Crippen LogP) is 6.12. The smallest absolute Gasteiger partial charge is 0.201 e. The summed E-state index contributed by atoms with van der Waals surface area (Å²) >= 11 is 0. The van der Waals surface area contributed by atoms with E-state index in [1.165, 1.54) is 27.5 Å². The van der Waals surface area contributed by atoms with Crippen molar-refractivity contribution < 1.29 is 9.47 Å². The molecule has 2 unspecified atom stereocenters. The molecule has 132 valence electrons. The molecule has 7 rings (SSSR count). The monoisotopic (exact) mass is 360 g/mol. The number of hydrogen-bond donors (Lipinski definition) is 0. The minimum absolute atomic E-state index is 0.188. The molecule has 0 bridgehead atoms. The van der Waals surface area contributed by atoms with Gasteiger partial charge in [0.25, 0.3) is 0 Å². The van der Waals surface area contributed by atoms with Crippen LogP contribution in [0.2, 0.25) is 0 Å². The summed E-state index contributed by atoms with van der Waals surface area (Å²) in [6.45, 7) is 0. The second-order valence-electron chi connectivity index (χ2n) is 7.68. The highest BCUT2D eigenvalue weighted by atomic mass is 16.6. The van der Waals surface area contributed by atoms with Crippen LogP contribution in [-0.2, 0) is 5.60 Å². The molecule has 1 aliphatic carbocycles. The first-order valence-electron chi connectivity index (χ1n) is 9.65. The lowest BCUT2D eigenvalue weighted by atomic mass is 9.77.